The third kappa shape index (κ3) is 3.18. The molecular weight excluding hydrogens is 294 g/mol. The first-order chi connectivity index (χ1) is 11.0. The smallest absolute Gasteiger partial charge is 0.257 e. The average molecular weight is 309 g/mol. The molecule has 0 spiro atoms. The first kappa shape index (κ1) is 14.7. The van der Waals surface area contributed by atoms with E-state index < -0.39 is 0 Å². The second kappa shape index (κ2) is 5.88. The van der Waals surface area contributed by atoms with Crippen molar-refractivity contribution < 1.29 is 4.79 Å². The van der Waals surface area contributed by atoms with Crippen LogP contribution in [0.3, 0.4) is 0 Å². The van der Waals surface area contributed by atoms with Gasteiger partial charge in [0, 0.05) is 30.6 Å². The van der Waals surface area contributed by atoms with Crippen LogP contribution in [0.2, 0.25) is 0 Å². The van der Waals surface area contributed by atoms with Gasteiger partial charge in [0.25, 0.3) is 5.91 Å². The van der Waals surface area contributed by atoms with Gasteiger partial charge in [-0.25, -0.2) is 4.98 Å². The van der Waals surface area contributed by atoms with Crippen molar-refractivity contribution in [3.63, 3.8) is 0 Å². The number of H-pyrrole nitrogens is 1. The number of amides is 1. The molecule has 0 bridgehead atoms. The maximum absolute atomic E-state index is 12.3. The molecule has 0 atom stereocenters. The number of hydrogen-bond acceptors (Lipinski definition) is 4. The van der Waals surface area contributed by atoms with Gasteiger partial charge in [-0.15, -0.1) is 0 Å². The number of carbonyl (C=O) groups is 1. The summed E-state index contributed by atoms with van der Waals surface area (Å²) in [6.07, 6.45) is 1.50. The quantitative estimate of drug-likeness (QED) is 0.770. The van der Waals surface area contributed by atoms with E-state index in [0.29, 0.717) is 17.1 Å². The molecule has 1 aromatic carbocycles. The summed E-state index contributed by atoms with van der Waals surface area (Å²) < 4.78 is 1.36. The van der Waals surface area contributed by atoms with Gasteiger partial charge in [-0.2, -0.15) is 5.10 Å². The van der Waals surface area contributed by atoms with Gasteiger partial charge < -0.3 is 9.88 Å². The lowest BCUT2D eigenvalue weighted by Crippen LogP contribution is -2.19. The molecule has 0 aliphatic rings. The van der Waals surface area contributed by atoms with Crippen molar-refractivity contribution >= 4 is 11.6 Å². The van der Waals surface area contributed by atoms with Crippen LogP contribution < -0.4 is 10.9 Å². The van der Waals surface area contributed by atoms with Crippen LogP contribution in [0.1, 0.15) is 16.2 Å². The lowest BCUT2D eigenvalue weighted by atomic mass is 10.2. The zero-order valence-electron chi connectivity index (χ0n) is 12.7. The fourth-order valence-corrected chi connectivity index (χ4v) is 2.14. The van der Waals surface area contributed by atoms with E-state index in [1.165, 1.54) is 22.9 Å². The van der Waals surface area contributed by atoms with Gasteiger partial charge >= 0.3 is 0 Å². The fourth-order valence-electron chi connectivity index (χ4n) is 2.14. The minimum Gasteiger partial charge on any atom is -0.322 e. The largest absolute Gasteiger partial charge is 0.322 e. The number of carbonyl (C=O) groups excluding carboxylic acids is 1. The number of nitrogens with one attached hydrogen (secondary N) is 2. The van der Waals surface area contributed by atoms with E-state index in [9.17, 15) is 9.59 Å². The molecule has 1 amide bonds. The highest BCUT2D eigenvalue weighted by molar-refractivity contribution is 6.04. The van der Waals surface area contributed by atoms with Gasteiger partial charge in [0.05, 0.1) is 5.56 Å². The van der Waals surface area contributed by atoms with Crippen molar-refractivity contribution in [3.8, 4) is 11.4 Å². The summed E-state index contributed by atoms with van der Waals surface area (Å²) in [5, 5.41) is 9.68. The molecule has 7 heteroatoms. The van der Waals surface area contributed by atoms with Gasteiger partial charge in [0.1, 0.15) is 5.82 Å². The van der Waals surface area contributed by atoms with Crippen LogP contribution in [0.5, 0.6) is 0 Å². The van der Waals surface area contributed by atoms with Gasteiger partial charge in [-0.1, -0.05) is 12.1 Å². The number of aromatic amines is 1. The summed E-state index contributed by atoms with van der Waals surface area (Å²) >= 11 is 0. The predicted octanol–water partition coefficient (Wildman–Crippen LogP) is 1.73. The number of benzene rings is 1. The van der Waals surface area contributed by atoms with Gasteiger partial charge in [0.2, 0.25) is 5.56 Å². The molecule has 2 aromatic heterocycles. The molecule has 23 heavy (non-hydrogen) atoms. The van der Waals surface area contributed by atoms with Gasteiger partial charge in [-0.3, -0.25) is 14.7 Å². The number of nitrogens with zero attached hydrogens (tertiary/aromatic N) is 3. The number of anilines is 1. The fraction of sp³-hybridized carbons (Fsp3) is 0.125. The Bertz CT molecular complexity index is 926. The molecule has 0 fully saturated rings. The van der Waals surface area contributed by atoms with Crippen LogP contribution in [-0.2, 0) is 7.05 Å². The van der Waals surface area contributed by atoms with Crippen LogP contribution >= 0.6 is 0 Å². The van der Waals surface area contributed by atoms with Crippen LogP contribution in [0.25, 0.3) is 11.4 Å². The first-order valence-electron chi connectivity index (χ1n) is 7.00. The second-order valence-electron chi connectivity index (χ2n) is 5.15. The van der Waals surface area contributed by atoms with Crippen molar-refractivity contribution in [3.05, 3.63) is 64.3 Å². The Morgan fingerprint density at radius 1 is 1.26 bits per heavy atom. The summed E-state index contributed by atoms with van der Waals surface area (Å²) in [5.41, 5.74) is 1.67. The maximum Gasteiger partial charge on any atom is 0.257 e. The van der Waals surface area contributed by atoms with Crippen molar-refractivity contribution in [2.75, 3.05) is 5.32 Å². The number of hydrogen-bond donors (Lipinski definition) is 2. The summed E-state index contributed by atoms with van der Waals surface area (Å²) in [6, 6.07) is 10.1. The monoisotopic (exact) mass is 309 g/mol. The lowest BCUT2D eigenvalue weighted by molar-refractivity contribution is 0.102. The number of aromatic nitrogens is 4. The van der Waals surface area contributed by atoms with E-state index in [2.05, 4.69) is 20.5 Å². The van der Waals surface area contributed by atoms with E-state index in [4.69, 9.17) is 0 Å². The SMILES string of the molecule is Cc1nc(-c2cccc(NC(=O)c3ccc(=O)n(C)c3)c2)n[nH]1. The topological polar surface area (TPSA) is 92.7 Å². The highest BCUT2D eigenvalue weighted by atomic mass is 16.2. The molecule has 116 valence electrons. The minimum absolute atomic E-state index is 0.163. The summed E-state index contributed by atoms with van der Waals surface area (Å²) in [6.45, 7) is 1.82. The lowest BCUT2D eigenvalue weighted by Gasteiger charge is -2.07. The normalized spacial score (nSPS) is 10.5. The molecule has 0 radical (unpaired) electrons. The Kier molecular flexibility index (Phi) is 3.76. The Balaban J connectivity index is 1.84. The molecular formula is C16H15N5O2. The van der Waals surface area contributed by atoms with Crippen LogP contribution in [0.4, 0.5) is 5.69 Å². The molecule has 3 aromatic rings. The summed E-state index contributed by atoms with van der Waals surface area (Å²) in [7, 11) is 1.60. The van der Waals surface area contributed by atoms with Crippen molar-refractivity contribution in [1.29, 1.82) is 0 Å². The molecule has 0 saturated carbocycles. The van der Waals surface area contributed by atoms with Crippen molar-refractivity contribution in [2.24, 2.45) is 7.05 Å². The molecule has 7 nitrogen and oxygen atoms in total. The van der Waals surface area contributed by atoms with Crippen molar-refractivity contribution in [2.45, 2.75) is 6.92 Å². The second-order valence-corrected chi connectivity index (χ2v) is 5.15. The van der Waals surface area contributed by atoms with E-state index in [-0.39, 0.29) is 11.5 Å². The number of pyridine rings is 1. The Morgan fingerprint density at radius 2 is 2.09 bits per heavy atom. The first-order valence-corrected chi connectivity index (χ1v) is 7.00. The number of rotatable bonds is 3. The van der Waals surface area contributed by atoms with E-state index in [1.54, 1.807) is 19.2 Å². The standard InChI is InChI=1S/C16H15N5O2/c1-10-17-15(20-19-10)11-4-3-5-13(8-11)18-16(23)12-6-7-14(22)21(2)9-12/h3-9H,1-2H3,(H,18,23)(H,17,19,20). The number of aryl methyl sites for hydroxylation is 2. The van der Waals surface area contributed by atoms with Crippen LogP contribution in [-0.4, -0.2) is 25.7 Å². The molecule has 0 unspecified atom stereocenters. The van der Waals surface area contributed by atoms with Crippen LogP contribution in [0.15, 0.2) is 47.4 Å². The van der Waals surface area contributed by atoms with E-state index in [1.807, 2.05) is 19.1 Å². The minimum atomic E-state index is -0.288. The Morgan fingerprint density at radius 3 is 2.78 bits per heavy atom. The van der Waals surface area contributed by atoms with Gasteiger partial charge in [0.15, 0.2) is 5.82 Å². The average Bonchev–Trinajstić information content (AvgIpc) is 2.97. The molecule has 0 saturated heterocycles. The Labute approximate surface area is 132 Å². The predicted molar refractivity (Wildman–Crippen MR) is 86.2 cm³/mol. The third-order valence-corrected chi connectivity index (χ3v) is 3.32. The highest BCUT2D eigenvalue weighted by Crippen LogP contribution is 2.19. The van der Waals surface area contributed by atoms with Crippen LogP contribution in [0, 0.1) is 6.92 Å². The molecule has 2 N–H and O–H groups in total. The zero-order chi connectivity index (χ0) is 16.4. The summed E-state index contributed by atoms with van der Waals surface area (Å²) in [5.74, 6) is 1.00. The zero-order valence-corrected chi connectivity index (χ0v) is 12.7. The molecule has 0 aliphatic heterocycles. The van der Waals surface area contributed by atoms with E-state index >= 15 is 0 Å². The molecule has 2 heterocycles. The third-order valence-electron chi connectivity index (χ3n) is 3.32. The van der Waals surface area contributed by atoms with Crippen molar-refractivity contribution in [1.82, 2.24) is 19.7 Å². The van der Waals surface area contributed by atoms with Gasteiger partial charge in [-0.05, 0) is 25.1 Å². The summed E-state index contributed by atoms with van der Waals surface area (Å²) in [4.78, 5) is 27.9. The molecule has 0 aliphatic carbocycles. The maximum atomic E-state index is 12.3. The highest BCUT2D eigenvalue weighted by Gasteiger charge is 2.09. The Hall–Kier alpha value is -3.22. The van der Waals surface area contributed by atoms with E-state index in [0.717, 1.165) is 11.4 Å². The molecule has 3 rings (SSSR count).